The predicted molar refractivity (Wildman–Crippen MR) is 31.2 cm³/mol. The molecule has 0 unspecified atom stereocenters. The maximum Gasteiger partial charge on any atom is 0 e. The van der Waals surface area contributed by atoms with E-state index in [1.165, 1.54) is 17.3 Å². The van der Waals surface area contributed by atoms with E-state index < -0.39 is 0 Å². The van der Waals surface area contributed by atoms with Crippen molar-refractivity contribution in [3.63, 3.8) is 0 Å². The van der Waals surface area contributed by atoms with Crippen molar-refractivity contribution in [1.82, 2.24) is 0 Å². The fourth-order valence-electron chi connectivity index (χ4n) is 0.177. The number of hydrogen-bond acceptors (Lipinski definition) is 0. The van der Waals surface area contributed by atoms with Crippen LogP contribution in [0.2, 0.25) is 4.44 Å². The minimum absolute atomic E-state index is 0. The molecule has 0 aromatic carbocycles. The Morgan fingerprint density at radius 1 is 1.50 bits per heavy atom. The van der Waals surface area contributed by atoms with Crippen LogP contribution < -0.4 is 0 Å². The Morgan fingerprint density at radius 3 is 2.00 bits per heavy atom. The Kier molecular flexibility index (Phi) is 16.7. The van der Waals surface area contributed by atoms with Gasteiger partial charge in [0.05, 0.1) is 0 Å². The van der Waals surface area contributed by atoms with Crippen LogP contribution in [-0.4, -0.2) is 41.4 Å². The number of hydrogen-bond donors (Lipinski definition) is 0. The molecule has 0 nitrogen and oxygen atoms in total. The van der Waals surface area contributed by atoms with E-state index in [2.05, 4.69) is 6.92 Å². The molecule has 0 heterocycles. The molecule has 0 saturated carbocycles. The number of unbranched alkanes of at least 4 members (excludes halogenated alkanes) is 1. The molecule has 6 heavy (non-hydrogen) atoms. The van der Waals surface area contributed by atoms with Gasteiger partial charge in [0.1, 0.15) is 0 Å². The molecule has 0 aliphatic heterocycles. The van der Waals surface area contributed by atoms with E-state index in [0.29, 0.717) is 0 Å². The molecular formula is C4H9LiSn. The van der Waals surface area contributed by atoms with E-state index in [9.17, 15) is 0 Å². The minimum Gasteiger partial charge on any atom is 0 e. The minimum atomic E-state index is 0. The smallest absolute Gasteiger partial charge is 0 e. The fraction of sp³-hybridized carbons (Fsp3) is 1.00. The molecule has 0 N–H and O–H groups in total. The van der Waals surface area contributed by atoms with Crippen LogP contribution in [0.1, 0.15) is 19.8 Å². The first-order valence-corrected chi connectivity index (χ1v) is 4.08. The molecule has 0 saturated heterocycles. The van der Waals surface area contributed by atoms with E-state index in [-0.39, 0.29) is 18.9 Å². The first-order valence-electron chi connectivity index (χ1n) is 2.06. The van der Waals surface area contributed by atoms with Crippen molar-refractivity contribution in [3.8, 4) is 0 Å². The van der Waals surface area contributed by atoms with Crippen molar-refractivity contribution in [2.24, 2.45) is 0 Å². The standard InChI is InChI=1S/C4H9.Li.Sn/c1-3-4-2;;/h1,3-4H2,2H3;;. The van der Waals surface area contributed by atoms with Crippen molar-refractivity contribution >= 4 is 41.4 Å². The van der Waals surface area contributed by atoms with Gasteiger partial charge in [-0.05, 0) is 0 Å². The van der Waals surface area contributed by atoms with Gasteiger partial charge in [-0.3, -0.25) is 0 Å². The summed E-state index contributed by atoms with van der Waals surface area (Å²) in [5.41, 5.74) is 0. The summed E-state index contributed by atoms with van der Waals surface area (Å²) in [7, 11) is 0. The predicted octanol–water partition coefficient (Wildman–Crippen LogP) is 0.992. The molecule has 0 bridgehead atoms. The van der Waals surface area contributed by atoms with Crippen LogP contribution >= 0.6 is 0 Å². The molecule has 0 rings (SSSR count). The summed E-state index contributed by atoms with van der Waals surface area (Å²) in [4.78, 5) is 0. The fourth-order valence-corrected chi connectivity index (χ4v) is 1.19. The molecule has 0 aromatic rings. The van der Waals surface area contributed by atoms with Gasteiger partial charge in [-0.1, -0.05) is 0 Å². The summed E-state index contributed by atoms with van der Waals surface area (Å²) in [6.45, 7) is 2.23. The summed E-state index contributed by atoms with van der Waals surface area (Å²) in [5, 5.41) is 0. The first-order chi connectivity index (χ1) is 2.41. The second kappa shape index (κ2) is 9.64. The van der Waals surface area contributed by atoms with E-state index in [1.54, 1.807) is 22.5 Å². The van der Waals surface area contributed by atoms with E-state index in [4.69, 9.17) is 0 Å². The average molecular weight is 183 g/mol. The van der Waals surface area contributed by atoms with Gasteiger partial charge >= 0.3 is 46.7 Å². The Balaban J connectivity index is 0. The number of rotatable bonds is 2. The molecule has 0 atom stereocenters. The third-order valence-corrected chi connectivity index (χ3v) is 1.54. The van der Waals surface area contributed by atoms with Crippen LogP contribution in [0.15, 0.2) is 0 Å². The van der Waals surface area contributed by atoms with E-state index in [0.717, 1.165) is 0 Å². The van der Waals surface area contributed by atoms with Crippen molar-refractivity contribution in [1.29, 1.82) is 0 Å². The molecule has 0 aliphatic rings. The Bertz CT molecular complexity index is 15.0. The quantitative estimate of drug-likeness (QED) is 0.559. The van der Waals surface area contributed by atoms with Crippen molar-refractivity contribution in [2.75, 3.05) is 0 Å². The van der Waals surface area contributed by atoms with Gasteiger partial charge in [0.25, 0.3) is 0 Å². The topological polar surface area (TPSA) is 0 Å². The van der Waals surface area contributed by atoms with Crippen LogP contribution in [0.5, 0.6) is 0 Å². The second-order valence-corrected chi connectivity index (χ2v) is 2.53. The van der Waals surface area contributed by atoms with Gasteiger partial charge in [-0.25, -0.2) is 0 Å². The second-order valence-electron chi connectivity index (χ2n) is 1.10. The molecule has 0 aliphatic carbocycles. The SMILES string of the molecule is CCC[CH2][Sn].[Li]. The summed E-state index contributed by atoms with van der Waals surface area (Å²) in [5.74, 6) is 0. The normalized spacial score (nSPS) is 7.00. The Morgan fingerprint density at radius 2 is 2.00 bits per heavy atom. The van der Waals surface area contributed by atoms with Crippen LogP contribution in [0.4, 0.5) is 0 Å². The largest absolute Gasteiger partial charge is 0 e. The summed E-state index contributed by atoms with van der Waals surface area (Å²) in [6.07, 6.45) is 2.80. The van der Waals surface area contributed by atoms with Crippen LogP contribution in [0, 0.1) is 0 Å². The van der Waals surface area contributed by atoms with Gasteiger partial charge in [0.2, 0.25) is 0 Å². The van der Waals surface area contributed by atoms with Gasteiger partial charge < -0.3 is 0 Å². The molecule has 2 heteroatoms. The molecule has 0 aromatic heterocycles. The molecule has 30 valence electrons. The van der Waals surface area contributed by atoms with Crippen LogP contribution in [0.3, 0.4) is 0 Å². The van der Waals surface area contributed by atoms with Crippen molar-refractivity contribution in [3.05, 3.63) is 0 Å². The van der Waals surface area contributed by atoms with Gasteiger partial charge in [-0.2, -0.15) is 0 Å². The zero-order valence-corrected chi connectivity index (χ0v) is 7.48. The van der Waals surface area contributed by atoms with Gasteiger partial charge in [0.15, 0.2) is 0 Å². The molecule has 4 radical (unpaired) electrons. The summed E-state index contributed by atoms with van der Waals surface area (Å²) >= 11 is 1.68. The third kappa shape index (κ3) is 9.04. The van der Waals surface area contributed by atoms with Crippen molar-refractivity contribution < 1.29 is 0 Å². The maximum absolute atomic E-state index is 2.23. The van der Waals surface area contributed by atoms with E-state index >= 15 is 0 Å². The Hall–Kier alpha value is 1.40. The monoisotopic (exact) mass is 184 g/mol. The summed E-state index contributed by atoms with van der Waals surface area (Å²) in [6, 6.07) is 0. The van der Waals surface area contributed by atoms with Crippen LogP contribution in [-0.2, 0) is 0 Å². The molecule has 0 amide bonds. The molecular weight excluding hydrogens is 174 g/mol. The zero-order chi connectivity index (χ0) is 4.12. The van der Waals surface area contributed by atoms with Crippen molar-refractivity contribution in [2.45, 2.75) is 24.2 Å². The molecule has 0 spiro atoms. The maximum atomic E-state index is 2.23. The average Bonchev–Trinajstić information content (AvgIpc) is 1.41. The molecule has 0 fully saturated rings. The summed E-state index contributed by atoms with van der Waals surface area (Å²) < 4.78 is 1.43. The third-order valence-electron chi connectivity index (χ3n) is 0.530. The van der Waals surface area contributed by atoms with Gasteiger partial charge in [0, 0.05) is 18.9 Å². The van der Waals surface area contributed by atoms with Gasteiger partial charge in [-0.15, -0.1) is 0 Å². The Labute approximate surface area is 65.3 Å². The van der Waals surface area contributed by atoms with E-state index in [1.807, 2.05) is 0 Å². The first kappa shape index (κ1) is 10.4. The van der Waals surface area contributed by atoms with Crippen LogP contribution in [0.25, 0.3) is 0 Å². The zero-order valence-electron chi connectivity index (χ0n) is 4.62.